The molecule has 2 rings (SSSR count). The number of methoxy groups -OCH3 is 1. The first-order valence-electron chi connectivity index (χ1n) is 6.87. The third-order valence-electron chi connectivity index (χ3n) is 3.23. The number of hydrogen-bond acceptors (Lipinski definition) is 3. The number of carbonyl (C=O) groups is 1. The zero-order valence-corrected chi connectivity index (χ0v) is 12.4. The fraction of sp³-hybridized carbons (Fsp3) is 0.167. The standard InChI is InChI=1S/C18H18O4/c1-3-5-14-6-4-7-16(21-2)17(14)22-12-13-8-10-15(11-9-13)18(19)20/h3-4,6-11H,1,5,12H2,2H3,(H,19,20). The van der Waals surface area contributed by atoms with Crippen molar-refractivity contribution in [3.8, 4) is 11.5 Å². The molecule has 0 radical (unpaired) electrons. The van der Waals surface area contributed by atoms with Crippen LogP contribution in [0.3, 0.4) is 0 Å². The number of ether oxygens (including phenoxy) is 2. The van der Waals surface area contributed by atoms with Gasteiger partial charge in [0.15, 0.2) is 11.5 Å². The van der Waals surface area contributed by atoms with Crippen molar-refractivity contribution < 1.29 is 19.4 Å². The van der Waals surface area contributed by atoms with Crippen molar-refractivity contribution in [3.05, 3.63) is 71.8 Å². The van der Waals surface area contributed by atoms with Crippen molar-refractivity contribution in [2.75, 3.05) is 7.11 Å². The maximum absolute atomic E-state index is 10.8. The van der Waals surface area contributed by atoms with E-state index in [0.29, 0.717) is 24.5 Å². The van der Waals surface area contributed by atoms with E-state index < -0.39 is 5.97 Å². The van der Waals surface area contributed by atoms with Crippen LogP contribution in [0.5, 0.6) is 11.5 Å². The second kappa shape index (κ2) is 7.31. The van der Waals surface area contributed by atoms with Crippen molar-refractivity contribution in [1.82, 2.24) is 0 Å². The number of aromatic carboxylic acids is 1. The molecule has 0 bridgehead atoms. The summed E-state index contributed by atoms with van der Waals surface area (Å²) in [6.07, 6.45) is 2.49. The van der Waals surface area contributed by atoms with Crippen LogP contribution >= 0.6 is 0 Å². The minimum absolute atomic E-state index is 0.258. The summed E-state index contributed by atoms with van der Waals surface area (Å²) in [5.74, 6) is 0.416. The smallest absolute Gasteiger partial charge is 0.335 e. The highest BCUT2D eigenvalue weighted by molar-refractivity contribution is 5.87. The molecule has 0 aliphatic rings. The zero-order valence-electron chi connectivity index (χ0n) is 12.4. The third-order valence-corrected chi connectivity index (χ3v) is 3.23. The lowest BCUT2D eigenvalue weighted by Crippen LogP contribution is -2.02. The Bertz CT molecular complexity index is 659. The van der Waals surface area contributed by atoms with E-state index in [1.807, 2.05) is 24.3 Å². The summed E-state index contributed by atoms with van der Waals surface area (Å²) in [5, 5.41) is 8.89. The van der Waals surface area contributed by atoms with Crippen LogP contribution in [0.15, 0.2) is 55.1 Å². The highest BCUT2D eigenvalue weighted by atomic mass is 16.5. The molecule has 4 nitrogen and oxygen atoms in total. The molecule has 22 heavy (non-hydrogen) atoms. The maximum Gasteiger partial charge on any atom is 0.335 e. The zero-order chi connectivity index (χ0) is 15.9. The van der Waals surface area contributed by atoms with E-state index in [4.69, 9.17) is 14.6 Å². The molecule has 0 aliphatic carbocycles. The van der Waals surface area contributed by atoms with Gasteiger partial charge in [-0.1, -0.05) is 30.3 Å². The second-order valence-electron chi connectivity index (χ2n) is 4.73. The average Bonchev–Trinajstić information content (AvgIpc) is 2.54. The summed E-state index contributed by atoms with van der Waals surface area (Å²) in [6.45, 7) is 4.08. The number of para-hydroxylation sites is 1. The topological polar surface area (TPSA) is 55.8 Å². The van der Waals surface area contributed by atoms with E-state index >= 15 is 0 Å². The molecule has 4 heteroatoms. The number of hydrogen-bond donors (Lipinski definition) is 1. The molecule has 0 heterocycles. The molecule has 0 fully saturated rings. The number of carboxylic acids is 1. The van der Waals surface area contributed by atoms with Crippen molar-refractivity contribution >= 4 is 5.97 Å². The van der Waals surface area contributed by atoms with Gasteiger partial charge in [0.1, 0.15) is 6.61 Å². The van der Waals surface area contributed by atoms with E-state index in [-0.39, 0.29) is 5.56 Å². The molecule has 0 aromatic heterocycles. The fourth-order valence-corrected chi connectivity index (χ4v) is 2.10. The fourth-order valence-electron chi connectivity index (χ4n) is 2.10. The van der Waals surface area contributed by atoms with Crippen LogP contribution in [0.1, 0.15) is 21.5 Å². The molecule has 1 N–H and O–H groups in total. The van der Waals surface area contributed by atoms with Gasteiger partial charge in [-0.15, -0.1) is 6.58 Å². The Balaban J connectivity index is 2.16. The summed E-state index contributed by atoms with van der Waals surface area (Å²) in [5.41, 5.74) is 2.14. The van der Waals surface area contributed by atoms with Crippen molar-refractivity contribution in [2.24, 2.45) is 0 Å². The van der Waals surface area contributed by atoms with Crippen molar-refractivity contribution in [3.63, 3.8) is 0 Å². The van der Waals surface area contributed by atoms with Crippen LogP contribution in [-0.4, -0.2) is 18.2 Å². The molecule has 0 spiro atoms. The molecule has 0 amide bonds. The van der Waals surface area contributed by atoms with Gasteiger partial charge < -0.3 is 14.6 Å². The first-order valence-corrected chi connectivity index (χ1v) is 6.87. The van der Waals surface area contributed by atoms with Crippen LogP contribution in [0.25, 0.3) is 0 Å². The Kier molecular flexibility index (Phi) is 5.20. The summed E-state index contributed by atoms with van der Waals surface area (Å²) in [6, 6.07) is 12.3. The third kappa shape index (κ3) is 3.67. The Morgan fingerprint density at radius 2 is 1.95 bits per heavy atom. The lowest BCUT2D eigenvalue weighted by molar-refractivity contribution is 0.0697. The van der Waals surface area contributed by atoms with E-state index in [1.165, 1.54) is 0 Å². The van der Waals surface area contributed by atoms with Crippen LogP contribution in [0, 0.1) is 0 Å². The highest BCUT2D eigenvalue weighted by Gasteiger charge is 2.10. The monoisotopic (exact) mass is 298 g/mol. The average molecular weight is 298 g/mol. The lowest BCUT2D eigenvalue weighted by Gasteiger charge is -2.14. The number of allylic oxidation sites excluding steroid dienone is 1. The van der Waals surface area contributed by atoms with Gasteiger partial charge in [-0.05, 0) is 30.2 Å². The van der Waals surface area contributed by atoms with Crippen LogP contribution in [0.4, 0.5) is 0 Å². The Morgan fingerprint density at radius 1 is 1.23 bits per heavy atom. The molecule has 0 aliphatic heterocycles. The second-order valence-corrected chi connectivity index (χ2v) is 4.73. The van der Waals surface area contributed by atoms with Gasteiger partial charge in [-0.3, -0.25) is 0 Å². The lowest BCUT2D eigenvalue weighted by atomic mass is 10.1. The van der Waals surface area contributed by atoms with Gasteiger partial charge in [-0.2, -0.15) is 0 Å². The Hall–Kier alpha value is -2.75. The Labute approximate surface area is 129 Å². The van der Waals surface area contributed by atoms with Crippen molar-refractivity contribution in [1.29, 1.82) is 0 Å². The summed E-state index contributed by atoms with van der Waals surface area (Å²) in [7, 11) is 1.60. The van der Waals surface area contributed by atoms with E-state index in [9.17, 15) is 4.79 Å². The van der Waals surface area contributed by atoms with Crippen LogP contribution < -0.4 is 9.47 Å². The maximum atomic E-state index is 10.8. The van der Waals surface area contributed by atoms with E-state index in [2.05, 4.69) is 6.58 Å². The first kappa shape index (κ1) is 15.6. The molecule has 114 valence electrons. The molecular formula is C18H18O4. The van der Waals surface area contributed by atoms with Gasteiger partial charge in [0.05, 0.1) is 12.7 Å². The predicted octanol–water partition coefficient (Wildman–Crippen LogP) is 3.70. The quantitative estimate of drug-likeness (QED) is 0.792. The summed E-state index contributed by atoms with van der Waals surface area (Å²) >= 11 is 0. The number of benzene rings is 2. The van der Waals surface area contributed by atoms with Crippen LogP contribution in [0.2, 0.25) is 0 Å². The van der Waals surface area contributed by atoms with Gasteiger partial charge in [0.25, 0.3) is 0 Å². The number of rotatable bonds is 7. The van der Waals surface area contributed by atoms with E-state index in [1.54, 1.807) is 31.4 Å². The summed E-state index contributed by atoms with van der Waals surface area (Å²) in [4.78, 5) is 10.8. The van der Waals surface area contributed by atoms with Crippen LogP contribution in [-0.2, 0) is 13.0 Å². The number of carboxylic acid groups (broad SMARTS) is 1. The van der Waals surface area contributed by atoms with E-state index in [0.717, 1.165) is 11.1 Å². The SMILES string of the molecule is C=CCc1cccc(OC)c1OCc1ccc(C(=O)O)cc1. The molecule has 0 unspecified atom stereocenters. The molecule has 2 aromatic rings. The highest BCUT2D eigenvalue weighted by Crippen LogP contribution is 2.32. The molecule has 0 atom stereocenters. The normalized spacial score (nSPS) is 10.0. The minimum Gasteiger partial charge on any atom is -0.493 e. The van der Waals surface area contributed by atoms with Gasteiger partial charge in [-0.25, -0.2) is 4.79 Å². The summed E-state index contributed by atoms with van der Waals surface area (Å²) < 4.78 is 11.2. The van der Waals surface area contributed by atoms with Gasteiger partial charge >= 0.3 is 5.97 Å². The predicted molar refractivity (Wildman–Crippen MR) is 84.6 cm³/mol. The van der Waals surface area contributed by atoms with Crippen molar-refractivity contribution in [2.45, 2.75) is 13.0 Å². The largest absolute Gasteiger partial charge is 0.493 e. The van der Waals surface area contributed by atoms with Gasteiger partial charge in [0.2, 0.25) is 0 Å². The molecule has 0 saturated heterocycles. The minimum atomic E-state index is -0.939. The molecule has 2 aromatic carbocycles. The molecular weight excluding hydrogens is 280 g/mol. The first-order chi connectivity index (χ1) is 10.7. The molecule has 0 saturated carbocycles. The Morgan fingerprint density at radius 3 is 2.55 bits per heavy atom. The van der Waals surface area contributed by atoms with Gasteiger partial charge in [0, 0.05) is 5.56 Å².